The van der Waals surface area contributed by atoms with Gasteiger partial charge in [0, 0.05) is 24.4 Å². The molecular formula is C15H17N5O. The molecule has 1 atom stereocenters. The predicted octanol–water partition coefficient (Wildman–Crippen LogP) is 2.15. The average molecular weight is 283 g/mol. The first-order valence-corrected chi connectivity index (χ1v) is 6.94. The van der Waals surface area contributed by atoms with Crippen LogP contribution in [0.3, 0.4) is 0 Å². The third-order valence-electron chi connectivity index (χ3n) is 3.41. The topological polar surface area (TPSA) is 96.7 Å². The van der Waals surface area contributed by atoms with Gasteiger partial charge in [0.25, 0.3) is 0 Å². The summed E-state index contributed by atoms with van der Waals surface area (Å²) in [4.78, 5) is 23.7. The number of hydrogen-bond acceptors (Lipinski definition) is 4. The van der Waals surface area contributed by atoms with E-state index in [1.807, 2.05) is 18.2 Å². The number of nitrogens with two attached hydrogens (primary N) is 1. The number of amides is 1. The van der Waals surface area contributed by atoms with Gasteiger partial charge in [0.05, 0.1) is 23.6 Å². The summed E-state index contributed by atoms with van der Waals surface area (Å²) in [6.07, 6.45) is 10.9. The van der Waals surface area contributed by atoms with Crippen LogP contribution in [0.4, 0.5) is 5.69 Å². The Hall–Kier alpha value is -2.47. The van der Waals surface area contributed by atoms with E-state index in [9.17, 15) is 4.79 Å². The third-order valence-corrected chi connectivity index (χ3v) is 3.41. The Labute approximate surface area is 122 Å². The molecule has 4 N–H and O–H groups in total. The van der Waals surface area contributed by atoms with Crippen molar-refractivity contribution in [3.8, 4) is 11.3 Å². The van der Waals surface area contributed by atoms with Crippen molar-refractivity contribution in [2.45, 2.75) is 25.3 Å². The Morgan fingerprint density at radius 2 is 2.24 bits per heavy atom. The molecule has 1 amide bonds. The molecule has 0 radical (unpaired) electrons. The van der Waals surface area contributed by atoms with E-state index in [-0.39, 0.29) is 11.9 Å². The van der Waals surface area contributed by atoms with E-state index < -0.39 is 0 Å². The Morgan fingerprint density at radius 1 is 1.33 bits per heavy atom. The summed E-state index contributed by atoms with van der Waals surface area (Å²) < 4.78 is 0. The van der Waals surface area contributed by atoms with Crippen LogP contribution in [0.1, 0.15) is 31.1 Å². The van der Waals surface area contributed by atoms with Gasteiger partial charge >= 0.3 is 0 Å². The highest BCUT2D eigenvalue weighted by Gasteiger charge is 2.14. The molecule has 0 saturated carbocycles. The lowest BCUT2D eigenvalue weighted by atomic mass is 10.1. The van der Waals surface area contributed by atoms with E-state index in [0.717, 1.165) is 17.1 Å². The van der Waals surface area contributed by atoms with Gasteiger partial charge in [-0.15, -0.1) is 0 Å². The molecule has 2 bridgehead atoms. The summed E-state index contributed by atoms with van der Waals surface area (Å²) in [7, 11) is 0. The van der Waals surface area contributed by atoms with E-state index >= 15 is 0 Å². The van der Waals surface area contributed by atoms with E-state index in [1.165, 1.54) is 0 Å². The van der Waals surface area contributed by atoms with Crippen molar-refractivity contribution in [1.29, 1.82) is 0 Å². The molecule has 2 aromatic rings. The molecule has 0 aliphatic carbocycles. The molecule has 6 heteroatoms. The van der Waals surface area contributed by atoms with Crippen LogP contribution in [0.2, 0.25) is 0 Å². The number of H-pyrrole nitrogens is 1. The molecule has 2 aromatic heterocycles. The number of pyridine rings is 1. The van der Waals surface area contributed by atoms with Gasteiger partial charge in [0.1, 0.15) is 5.82 Å². The highest BCUT2D eigenvalue weighted by atomic mass is 16.1. The zero-order valence-corrected chi connectivity index (χ0v) is 11.5. The fraction of sp³-hybridized carbons (Fsp3) is 0.267. The van der Waals surface area contributed by atoms with Gasteiger partial charge in [0.2, 0.25) is 5.91 Å². The van der Waals surface area contributed by atoms with Crippen molar-refractivity contribution in [2.75, 3.05) is 5.32 Å². The second-order valence-electron chi connectivity index (χ2n) is 4.99. The van der Waals surface area contributed by atoms with E-state index in [1.54, 1.807) is 18.6 Å². The number of aromatic amines is 1. The van der Waals surface area contributed by atoms with Crippen molar-refractivity contribution in [1.82, 2.24) is 15.0 Å². The lowest BCUT2D eigenvalue weighted by Crippen LogP contribution is -2.11. The van der Waals surface area contributed by atoms with Crippen LogP contribution in [0.15, 0.2) is 36.8 Å². The number of imidazole rings is 1. The number of anilines is 1. The van der Waals surface area contributed by atoms with Gasteiger partial charge < -0.3 is 16.0 Å². The van der Waals surface area contributed by atoms with E-state index in [0.29, 0.717) is 24.9 Å². The number of aromatic nitrogens is 3. The van der Waals surface area contributed by atoms with Crippen LogP contribution in [-0.4, -0.2) is 20.9 Å². The number of hydrogen-bond donors (Lipinski definition) is 3. The maximum atomic E-state index is 11.9. The Bertz CT molecular complexity index is 676. The number of carbonyl (C=O) groups excluding carboxylic acids is 1. The Balaban J connectivity index is 2.03. The largest absolute Gasteiger partial charge is 0.347 e. The van der Waals surface area contributed by atoms with E-state index in [2.05, 4.69) is 20.3 Å². The maximum Gasteiger partial charge on any atom is 0.224 e. The fourth-order valence-corrected chi connectivity index (χ4v) is 2.28. The summed E-state index contributed by atoms with van der Waals surface area (Å²) in [5, 5.41) is 2.89. The van der Waals surface area contributed by atoms with Crippen molar-refractivity contribution >= 4 is 11.6 Å². The molecule has 3 heterocycles. The van der Waals surface area contributed by atoms with Gasteiger partial charge in [-0.1, -0.05) is 12.2 Å². The lowest BCUT2D eigenvalue weighted by Gasteiger charge is -2.08. The molecule has 1 aliphatic rings. The minimum absolute atomic E-state index is 0.0341. The zero-order valence-electron chi connectivity index (χ0n) is 11.5. The molecule has 21 heavy (non-hydrogen) atoms. The standard InChI is InChI=1S/C15H17N5O/c16-11-4-2-1-3-5-14(21)19-12-8-17-7-6-10(12)13-9-18-15(11)20-13/h1-2,6-9,11H,3-5,16H2,(H,18,20)(H,19,21)/b2-1+/t11-/m0/s1. The summed E-state index contributed by atoms with van der Waals surface area (Å²) in [6.45, 7) is 0. The van der Waals surface area contributed by atoms with Gasteiger partial charge in [-0.25, -0.2) is 4.98 Å². The first-order valence-electron chi connectivity index (χ1n) is 6.94. The van der Waals surface area contributed by atoms with Crippen LogP contribution in [-0.2, 0) is 4.79 Å². The number of fused-ring (bicyclic) bond motifs is 4. The van der Waals surface area contributed by atoms with Gasteiger partial charge in [-0.3, -0.25) is 9.78 Å². The average Bonchev–Trinajstić information content (AvgIpc) is 2.96. The highest BCUT2D eigenvalue weighted by Crippen LogP contribution is 2.27. The number of nitrogens with zero attached hydrogens (tertiary/aromatic N) is 2. The molecule has 3 rings (SSSR count). The maximum absolute atomic E-state index is 11.9. The van der Waals surface area contributed by atoms with E-state index in [4.69, 9.17) is 5.73 Å². The van der Waals surface area contributed by atoms with Gasteiger partial charge in [0.15, 0.2) is 0 Å². The van der Waals surface area contributed by atoms with Gasteiger partial charge in [-0.05, 0) is 18.9 Å². The van der Waals surface area contributed by atoms with Crippen molar-refractivity contribution in [2.24, 2.45) is 5.73 Å². The van der Waals surface area contributed by atoms with Crippen molar-refractivity contribution in [3.63, 3.8) is 0 Å². The quantitative estimate of drug-likeness (QED) is 0.645. The minimum atomic E-state index is -0.176. The normalized spacial score (nSPS) is 20.4. The van der Waals surface area contributed by atoms with Crippen LogP contribution < -0.4 is 11.1 Å². The van der Waals surface area contributed by atoms with Crippen LogP contribution in [0.5, 0.6) is 0 Å². The minimum Gasteiger partial charge on any atom is -0.347 e. The first kappa shape index (κ1) is 13.5. The molecule has 0 aromatic carbocycles. The summed E-state index contributed by atoms with van der Waals surface area (Å²) in [5.74, 6) is 0.705. The monoisotopic (exact) mass is 283 g/mol. The second-order valence-corrected chi connectivity index (χ2v) is 4.99. The lowest BCUT2D eigenvalue weighted by molar-refractivity contribution is -0.116. The zero-order chi connectivity index (χ0) is 14.7. The number of carbonyl (C=O) groups is 1. The molecule has 0 unspecified atom stereocenters. The third kappa shape index (κ3) is 3.00. The van der Waals surface area contributed by atoms with Crippen molar-refractivity contribution < 1.29 is 4.79 Å². The molecule has 1 aliphatic heterocycles. The molecule has 108 valence electrons. The molecule has 0 fully saturated rings. The Morgan fingerprint density at radius 3 is 3.14 bits per heavy atom. The Kier molecular flexibility index (Phi) is 3.79. The van der Waals surface area contributed by atoms with Crippen LogP contribution in [0.25, 0.3) is 11.3 Å². The predicted molar refractivity (Wildman–Crippen MR) is 80.4 cm³/mol. The van der Waals surface area contributed by atoms with Crippen LogP contribution in [0, 0.1) is 0 Å². The second kappa shape index (κ2) is 5.88. The number of nitrogens with one attached hydrogen (secondary N) is 2. The highest BCUT2D eigenvalue weighted by molar-refractivity contribution is 5.94. The number of allylic oxidation sites excluding steroid dienone is 1. The fourth-order valence-electron chi connectivity index (χ4n) is 2.28. The summed E-state index contributed by atoms with van der Waals surface area (Å²) in [5.41, 5.74) is 8.36. The summed E-state index contributed by atoms with van der Waals surface area (Å²) in [6, 6.07) is 1.66. The molecule has 0 spiro atoms. The number of rotatable bonds is 0. The first-order chi connectivity index (χ1) is 10.2. The van der Waals surface area contributed by atoms with Crippen LogP contribution >= 0.6 is 0 Å². The molecule has 0 saturated heterocycles. The van der Waals surface area contributed by atoms with Gasteiger partial charge in [-0.2, -0.15) is 0 Å². The SMILES string of the molecule is N[C@H]1C/C=C/CCC(=O)Nc2cnccc2-c2c[nH]c1n2. The van der Waals surface area contributed by atoms with Crippen molar-refractivity contribution in [3.05, 3.63) is 42.6 Å². The smallest absolute Gasteiger partial charge is 0.224 e. The molecule has 6 nitrogen and oxygen atoms in total. The molecular weight excluding hydrogens is 266 g/mol. The summed E-state index contributed by atoms with van der Waals surface area (Å²) >= 11 is 0.